The summed E-state index contributed by atoms with van der Waals surface area (Å²) in [6.45, 7) is -1.17. The van der Waals surface area contributed by atoms with Crippen LogP contribution in [0, 0.1) is 0 Å². The maximum atomic E-state index is 12.9. The summed E-state index contributed by atoms with van der Waals surface area (Å²) in [6, 6.07) is 5.59. The molecule has 30 heavy (non-hydrogen) atoms. The van der Waals surface area contributed by atoms with E-state index in [1.165, 1.54) is 26.4 Å². The van der Waals surface area contributed by atoms with E-state index >= 15 is 0 Å². The molecule has 162 valence electrons. The van der Waals surface area contributed by atoms with E-state index in [4.69, 9.17) is 14.2 Å². The molecule has 4 atom stereocenters. The maximum absolute atomic E-state index is 12.9. The van der Waals surface area contributed by atoms with Crippen molar-refractivity contribution < 1.29 is 34.3 Å². The van der Waals surface area contributed by atoms with E-state index in [1.54, 1.807) is 6.07 Å². The highest BCUT2D eigenvalue weighted by molar-refractivity contribution is 5.98. The number of rotatable bonds is 7. The summed E-state index contributed by atoms with van der Waals surface area (Å²) in [5, 5.41) is 29.3. The Balaban J connectivity index is 1.97. The molecule has 2 heterocycles. The third kappa shape index (κ3) is 3.87. The van der Waals surface area contributed by atoms with E-state index in [1.807, 2.05) is 0 Å². The summed E-state index contributed by atoms with van der Waals surface area (Å²) in [5.74, 6) is 0.0564. The Hall–Kier alpha value is -2.99. The van der Waals surface area contributed by atoms with Crippen LogP contribution in [0.1, 0.15) is 16.6 Å². The standard InChI is InChI=1S/C19H22N2O9/c1-28-10-3-4-13(29-2)11(7-10)12(23)8-21-15(24)5-6-20(19(21)27)18-17(26)16(25)14(9-22)30-18/h3-7,14,16-18,22,25-26H,8-9H2,1-2H3/t14-,16-,17+,18?/m1/s1. The normalized spacial score (nSPS) is 23.4. The number of Topliss-reactive ketones (excluding diaryl/α,β-unsaturated/α-hetero) is 1. The van der Waals surface area contributed by atoms with Crippen LogP contribution in [-0.4, -0.2) is 69.4 Å². The molecule has 0 spiro atoms. The molecule has 0 bridgehead atoms. The Morgan fingerprint density at radius 3 is 2.47 bits per heavy atom. The number of benzene rings is 1. The van der Waals surface area contributed by atoms with Crippen molar-refractivity contribution in [3.05, 3.63) is 56.9 Å². The molecule has 3 N–H and O–H groups in total. The van der Waals surface area contributed by atoms with Gasteiger partial charge in [0.05, 0.1) is 32.9 Å². The molecular formula is C19H22N2O9. The molecule has 0 aliphatic carbocycles. The van der Waals surface area contributed by atoms with E-state index in [0.29, 0.717) is 10.3 Å². The lowest BCUT2D eigenvalue weighted by Crippen LogP contribution is -2.44. The number of ether oxygens (including phenoxy) is 3. The second-order valence-electron chi connectivity index (χ2n) is 6.65. The van der Waals surface area contributed by atoms with Crippen LogP contribution in [0.3, 0.4) is 0 Å². The van der Waals surface area contributed by atoms with Gasteiger partial charge >= 0.3 is 5.69 Å². The topological polar surface area (TPSA) is 149 Å². The summed E-state index contributed by atoms with van der Waals surface area (Å²) in [6.07, 6.45) is -4.27. The lowest BCUT2D eigenvalue weighted by molar-refractivity contribution is -0.0555. The Labute approximate surface area is 170 Å². The Morgan fingerprint density at radius 2 is 1.87 bits per heavy atom. The number of carbonyl (C=O) groups excluding carboxylic acids is 1. The minimum atomic E-state index is -1.51. The van der Waals surface area contributed by atoms with Gasteiger partial charge in [0.25, 0.3) is 5.56 Å². The molecule has 2 aromatic rings. The van der Waals surface area contributed by atoms with E-state index in [-0.39, 0.29) is 11.3 Å². The first-order chi connectivity index (χ1) is 14.3. The van der Waals surface area contributed by atoms with Crippen molar-refractivity contribution in [1.29, 1.82) is 0 Å². The van der Waals surface area contributed by atoms with E-state index in [2.05, 4.69) is 0 Å². The van der Waals surface area contributed by atoms with Gasteiger partial charge in [0.15, 0.2) is 12.0 Å². The summed E-state index contributed by atoms with van der Waals surface area (Å²) >= 11 is 0. The highest BCUT2D eigenvalue weighted by atomic mass is 16.6. The Kier molecular flexibility index (Phi) is 6.37. The van der Waals surface area contributed by atoms with Crippen molar-refractivity contribution >= 4 is 5.78 Å². The average Bonchev–Trinajstić information content (AvgIpc) is 3.04. The fraction of sp³-hybridized carbons (Fsp3) is 0.421. The lowest BCUT2D eigenvalue weighted by atomic mass is 10.1. The number of hydrogen-bond donors (Lipinski definition) is 3. The molecule has 1 aliphatic rings. The van der Waals surface area contributed by atoms with Crippen LogP contribution >= 0.6 is 0 Å². The second kappa shape index (κ2) is 8.79. The third-order valence-electron chi connectivity index (χ3n) is 4.90. The SMILES string of the molecule is COc1ccc(OC)c(C(=O)Cn2c(=O)ccn(C3O[C@H](CO)[C@@H](O)[C@@H]3O)c2=O)c1. The first kappa shape index (κ1) is 21.7. The van der Waals surface area contributed by atoms with Gasteiger partial charge in [0, 0.05) is 12.3 Å². The van der Waals surface area contributed by atoms with Gasteiger partial charge in [-0.15, -0.1) is 0 Å². The fourth-order valence-corrected chi connectivity index (χ4v) is 3.24. The monoisotopic (exact) mass is 422 g/mol. The zero-order chi connectivity index (χ0) is 22.0. The Morgan fingerprint density at radius 1 is 1.13 bits per heavy atom. The minimum Gasteiger partial charge on any atom is -0.497 e. The van der Waals surface area contributed by atoms with Crippen LogP contribution in [-0.2, 0) is 11.3 Å². The van der Waals surface area contributed by atoms with Gasteiger partial charge in [-0.25, -0.2) is 4.79 Å². The van der Waals surface area contributed by atoms with Crippen molar-refractivity contribution in [1.82, 2.24) is 9.13 Å². The number of carbonyl (C=O) groups is 1. The molecule has 1 fully saturated rings. The van der Waals surface area contributed by atoms with Crippen LogP contribution in [0.15, 0.2) is 40.1 Å². The molecule has 1 aliphatic heterocycles. The van der Waals surface area contributed by atoms with Gasteiger partial charge in [-0.2, -0.15) is 0 Å². The quantitative estimate of drug-likeness (QED) is 0.454. The number of aliphatic hydroxyl groups is 3. The van der Waals surface area contributed by atoms with Gasteiger partial charge in [0.1, 0.15) is 29.8 Å². The number of aliphatic hydroxyl groups excluding tert-OH is 3. The molecule has 0 amide bonds. The minimum absolute atomic E-state index is 0.117. The number of methoxy groups -OCH3 is 2. The predicted molar refractivity (Wildman–Crippen MR) is 102 cm³/mol. The highest BCUT2D eigenvalue weighted by Gasteiger charge is 2.43. The zero-order valence-corrected chi connectivity index (χ0v) is 16.3. The molecule has 1 aromatic heterocycles. The largest absolute Gasteiger partial charge is 0.497 e. The van der Waals surface area contributed by atoms with E-state index in [9.17, 15) is 29.7 Å². The van der Waals surface area contributed by atoms with Gasteiger partial charge in [-0.1, -0.05) is 0 Å². The fourth-order valence-electron chi connectivity index (χ4n) is 3.24. The first-order valence-corrected chi connectivity index (χ1v) is 9.02. The maximum Gasteiger partial charge on any atom is 0.333 e. The molecule has 0 saturated carbocycles. The number of ketones is 1. The first-order valence-electron chi connectivity index (χ1n) is 9.02. The van der Waals surface area contributed by atoms with Crippen LogP contribution in [0.4, 0.5) is 0 Å². The van der Waals surface area contributed by atoms with E-state index in [0.717, 1.165) is 16.8 Å². The van der Waals surface area contributed by atoms with Gasteiger partial charge < -0.3 is 29.5 Å². The zero-order valence-electron chi connectivity index (χ0n) is 16.3. The average molecular weight is 422 g/mol. The molecule has 3 rings (SSSR count). The van der Waals surface area contributed by atoms with Gasteiger partial charge in [-0.05, 0) is 18.2 Å². The molecule has 1 unspecified atom stereocenters. The van der Waals surface area contributed by atoms with Crippen molar-refractivity contribution in [2.24, 2.45) is 0 Å². The van der Waals surface area contributed by atoms with Crippen LogP contribution in [0.25, 0.3) is 0 Å². The predicted octanol–water partition coefficient (Wildman–Crippen LogP) is -1.48. The summed E-state index contributed by atoms with van der Waals surface area (Å²) < 4.78 is 17.2. The molecule has 0 radical (unpaired) electrons. The second-order valence-corrected chi connectivity index (χ2v) is 6.65. The lowest BCUT2D eigenvalue weighted by Gasteiger charge is -2.18. The highest BCUT2D eigenvalue weighted by Crippen LogP contribution is 2.28. The van der Waals surface area contributed by atoms with Crippen LogP contribution in [0.5, 0.6) is 11.5 Å². The number of hydrogen-bond acceptors (Lipinski definition) is 9. The van der Waals surface area contributed by atoms with Crippen molar-refractivity contribution in [3.8, 4) is 11.5 Å². The van der Waals surface area contributed by atoms with Crippen molar-refractivity contribution in [2.45, 2.75) is 31.1 Å². The Bertz CT molecular complexity index is 1050. The smallest absolute Gasteiger partial charge is 0.333 e. The summed E-state index contributed by atoms with van der Waals surface area (Å²) in [5.41, 5.74) is -1.54. The third-order valence-corrected chi connectivity index (χ3v) is 4.90. The molecule has 11 nitrogen and oxygen atoms in total. The molecular weight excluding hydrogens is 400 g/mol. The summed E-state index contributed by atoms with van der Waals surface area (Å²) in [4.78, 5) is 37.9. The number of nitrogens with zero attached hydrogens (tertiary/aromatic N) is 2. The van der Waals surface area contributed by atoms with Crippen LogP contribution in [0.2, 0.25) is 0 Å². The molecule has 1 aromatic carbocycles. The van der Waals surface area contributed by atoms with Crippen molar-refractivity contribution in [2.75, 3.05) is 20.8 Å². The summed E-state index contributed by atoms with van der Waals surface area (Å²) in [7, 11) is 2.80. The van der Waals surface area contributed by atoms with Gasteiger partial charge in [0.2, 0.25) is 0 Å². The number of aromatic nitrogens is 2. The van der Waals surface area contributed by atoms with E-state index < -0.39 is 54.7 Å². The molecule has 11 heteroatoms. The van der Waals surface area contributed by atoms with Crippen molar-refractivity contribution in [3.63, 3.8) is 0 Å². The molecule has 1 saturated heterocycles. The van der Waals surface area contributed by atoms with Gasteiger partial charge in [-0.3, -0.25) is 18.7 Å². The van der Waals surface area contributed by atoms with Crippen LogP contribution < -0.4 is 20.7 Å².